The minimum atomic E-state index is -0.590. The van der Waals surface area contributed by atoms with Crippen LogP contribution in [-0.4, -0.2) is 35.7 Å². The van der Waals surface area contributed by atoms with E-state index in [2.05, 4.69) is 0 Å². The lowest BCUT2D eigenvalue weighted by Crippen LogP contribution is -2.38. The molecule has 0 saturated carbocycles. The number of amides is 1. The van der Waals surface area contributed by atoms with Gasteiger partial charge in [0, 0.05) is 17.8 Å². The fourth-order valence-corrected chi connectivity index (χ4v) is 2.90. The summed E-state index contributed by atoms with van der Waals surface area (Å²) in [5, 5.41) is 0.522. The Hall–Kier alpha value is -2.01. The lowest BCUT2D eigenvalue weighted by atomic mass is 9.88. The largest absolute Gasteiger partial charge is 0.466 e. The molecule has 1 unspecified atom stereocenters. The highest BCUT2D eigenvalue weighted by Crippen LogP contribution is 2.35. The van der Waals surface area contributed by atoms with Crippen LogP contribution in [0.15, 0.2) is 30.5 Å². The minimum Gasteiger partial charge on any atom is -0.466 e. The third kappa shape index (κ3) is 4.98. The van der Waals surface area contributed by atoms with Gasteiger partial charge in [0.1, 0.15) is 5.60 Å². The fourth-order valence-electron chi connectivity index (χ4n) is 2.65. The molecule has 1 atom stereocenters. The molecule has 0 saturated heterocycles. The van der Waals surface area contributed by atoms with E-state index < -0.39 is 17.6 Å². The molecule has 0 bridgehead atoms. The summed E-state index contributed by atoms with van der Waals surface area (Å²) in [6.07, 6.45) is 1.66. The second kappa shape index (κ2) is 7.91. The molecule has 2 rings (SSSR count). The molecule has 0 aliphatic carbocycles. The summed E-state index contributed by atoms with van der Waals surface area (Å²) in [5.74, 6) is -0.768. The zero-order chi connectivity index (χ0) is 18.6. The fraction of sp³-hybridized carbons (Fsp3) is 0.474. The van der Waals surface area contributed by atoms with Crippen LogP contribution in [0.25, 0.3) is 5.57 Å². The Labute approximate surface area is 153 Å². The van der Waals surface area contributed by atoms with Gasteiger partial charge in [-0.1, -0.05) is 29.8 Å². The second-order valence-corrected chi connectivity index (χ2v) is 7.24. The van der Waals surface area contributed by atoms with Crippen molar-refractivity contribution in [2.75, 3.05) is 13.2 Å². The maximum Gasteiger partial charge on any atom is 0.414 e. The van der Waals surface area contributed by atoms with Crippen molar-refractivity contribution in [3.05, 3.63) is 41.1 Å². The first-order valence-electron chi connectivity index (χ1n) is 8.36. The van der Waals surface area contributed by atoms with Crippen LogP contribution in [0, 0.1) is 5.92 Å². The molecule has 1 aromatic rings. The summed E-state index contributed by atoms with van der Waals surface area (Å²) in [4.78, 5) is 26.2. The Balaban J connectivity index is 2.38. The van der Waals surface area contributed by atoms with Gasteiger partial charge < -0.3 is 9.47 Å². The van der Waals surface area contributed by atoms with Crippen molar-refractivity contribution < 1.29 is 19.1 Å². The van der Waals surface area contributed by atoms with Crippen molar-refractivity contribution in [2.24, 2.45) is 5.92 Å². The van der Waals surface area contributed by atoms with Crippen molar-refractivity contribution in [3.8, 4) is 0 Å². The number of nitrogens with zero attached hydrogens (tertiary/aromatic N) is 1. The van der Waals surface area contributed by atoms with Gasteiger partial charge in [-0.05, 0) is 51.3 Å². The summed E-state index contributed by atoms with van der Waals surface area (Å²) in [6.45, 7) is 7.90. The van der Waals surface area contributed by atoms with Gasteiger partial charge in [0.05, 0.1) is 12.5 Å². The third-order valence-corrected chi connectivity index (χ3v) is 4.04. The van der Waals surface area contributed by atoms with Crippen LogP contribution in [0.2, 0.25) is 5.02 Å². The van der Waals surface area contributed by atoms with E-state index in [0.29, 0.717) is 30.2 Å². The minimum absolute atomic E-state index is 0.306. The number of esters is 1. The van der Waals surface area contributed by atoms with Gasteiger partial charge in [0.2, 0.25) is 0 Å². The number of hydrogen-bond acceptors (Lipinski definition) is 4. The monoisotopic (exact) mass is 365 g/mol. The van der Waals surface area contributed by atoms with Crippen molar-refractivity contribution in [2.45, 2.75) is 39.7 Å². The van der Waals surface area contributed by atoms with Crippen LogP contribution >= 0.6 is 11.6 Å². The lowest BCUT2D eigenvalue weighted by molar-refractivity contribution is -0.146. The molecule has 1 aromatic carbocycles. The van der Waals surface area contributed by atoms with Crippen LogP contribution in [0.1, 0.15) is 39.7 Å². The zero-order valence-corrected chi connectivity index (χ0v) is 15.8. The van der Waals surface area contributed by atoms with Crippen molar-refractivity contribution in [1.29, 1.82) is 0 Å². The number of rotatable bonds is 3. The quantitative estimate of drug-likeness (QED) is 0.740. The summed E-state index contributed by atoms with van der Waals surface area (Å²) < 4.78 is 10.6. The Morgan fingerprint density at radius 2 is 1.96 bits per heavy atom. The van der Waals surface area contributed by atoms with Crippen LogP contribution in [0.3, 0.4) is 0 Å². The third-order valence-electron chi connectivity index (χ3n) is 3.71. The van der Waals surface area contributed by atoms with Gasteiger partial charge >= 0.3 is 12.1 Å². The molecule has 6 heteroatoms. The molecule has 1 heterocycles. The number of hydrogen-bond donors (Lipinski definition) is 0. The maximum atomic E-state index is 12.4. The van der Waals surface area contributed by atoms with E-state index in [1.165, 1.54) is 4.90 Å². The van der Waals surface area contributed by atoms with E-state index >= 15 is 0 Å². The van der Waals surface area contributed by atoms with Gasteiger partial charge in [-0.25, -0.2) is 4.79 Å². The molecule has 136 valence electrons. The number of carbonyl (C=O) groups excluding carboxylic acids is 2. The molecule has 0 radical (unpaired) electrons. The highest BCUT2D eigenvalue weighted by molar-refractivity contribution is 6.32. The van der Waals surface area contributed by atoms with Gasteiger partial charge in [0.15, 0.2) is 0 Å². The molecular formula is C19H24ClNO4. The smallest absolute Gasteiger partial charge is 0.414 e. The van der Waals surface area contributed by atoms with E-state index in [1.54, 1.807) is 19.2 Å². The predicted molar refractivity (Wildman–Crippen MR) is 97.1 cm³/mol. The molecule has 1 aliphatic rings. The number of ether oxygens (including phenoxy) is 2. The Bertz CT molecular complexity index is 678. The van der Waals surface area contributed by atoms with Crippen LogP contribution in [0.5, 0.6) is 0 Å². The zero-order valence-electron chi connectivity index (χ0n) is 15.0. The van der Waals surface area contributed by atoms with E-state index in [4.69, 9.17) is 21.1 Å². The number of benzene rings is 1. The first kappa shape index (κ1) is 19.3. The first-order chi connectivity index (χ1) is 11.7. The second-order valence-electron chi connectivity index (χ2n) is 6.83. The Kier molecular flexibility index (Phi) is 6.11. The molecule has 25 heavy (non-hydrogen) atoms. The molecule has 1 amide bonds. The Morgan fingerprint density at radius 1 is 1.28 bits per heavy atom. The van der Waals surface area contributed by atoms with Gasteiger partial charge in [-0.3, -0.25) is 9.69 Å². The summed E-state index contributed by atoms with van der Waals surface area (Å²) in [6, 6.07) is 7.25. The first-order valence-corrected chi connectivity index (χ1v) is 8.73. The molecule has 0 N–H and O–H groups in total. The lowest BCUT2D eigenvalue weighted by Gasteiger charge is -2.32. The predicted octanol–water partition coefficient (Wildman–Crippen LogP) is 4.50. The molecular weight excluding hydrogens is 342 g/mol. The molecule has 0 aromatic heterocycles. The van der Waals surface area contributed by atoms with Gasteiger partial charge in [-0.15, -0.1) is 0 Å². The standard InChI is InChI=1S/C19H24ClNO4/c1-5-24-17(22)14-10-11-21(18(23)25-19(2,3)4)12-15(14)13-8-6-7-9-16(13)20/h6-9,12,14H,5,10-11H2,1-4H3. The van der Waals surface area contributed by atoms with Crippen molar-refractivity contribution in [1.82, 2.24) is 4.90 Å². The molecule has 0 spiro atoms. The molecule has 0 fully saturated rings. The van der Waals surface area contributed by atoms with Crippen molar-refractivity contribution >= 4 is 29.2 Å². The Morgan fingerprint density at radius 3 is 2.56 bits per heavy atom. The number of carbonyl (C=O) groups is 2. The summed E-state index contributed by atoms with van der Waals surface area (Å²) >= 11 is 6.31. The van der Waals surface area contributed by atoms with E-state index in [9.17, 15) is 9.59 Å². The topological polar surface area (TPSA) is 55.8 Å². The van der Waals surface area contributed by atoms with E-state index in [1.807, 2.05) is 39.0 Å². The maximum absolute atomic E-state index is 12.4. The van der Waals surface area contributed by atoms with Crippen LogP contribution < -0.4 is 0 Å². The van der Waals surface area contributed by atoms with Gasteiger partial charge in [-0.2, -0.15) is 0 Å². The van der Waals surface area contributed by atoms with Crippen LogP contribution in [-0.2, 0) is 14.3 Å². The van der Waals surface area contributed by atoms with Crippen molar-refractivity contribution in [3.63, 3.8) is 0 Å². The van der Waals surface area contributed by atoms with Gasteiger partial charge in [0.25, 0.3) is 0 Å². The average molecular weight is 366 g/mol. The highest BCUT2D eigenvalue weighted by atomic mass is 35.5. The van der Waals surface area contributed by atoms with Crippen LogP contribution in [0.4, 0.5) is 4.79 Å². The normalized spacial score (nSPS) is 17.7. The van der Waals surface area contributed by atoms with E-state index in [0.717, 1.165) is 5.56 Å². The summed E-state index contributed by atoms with van der Waals surface area (Å²) in [7, 11) is 0. The molecule has 5 nitrogen and oxygen atoms in total. The highest BCUT2D eigenvalue weighted by Gasteiger charge is 2.33. The van der Waals surface area contributed by atoms with E-state index in [-0.39, 0.29) is 5.97 Å². The average Bonchev–Trinajstić information content (AvgIpc) is 2.53. The summed E-state index contributed by atoms with van der Waals surface area (Å²) in [5.41, 5.74) is 0.796. The number of halogens is 1. The molecule has 1 aliphatic heterocycles. The SMILES string of the molecule is CCOC(=O)C1CCN(C(=O)OC(C)(C)C)C=C1c1ccccc1Cl.